The Hall–Kier alpha value is -3.73. The van der Waals surface area contributed by atoms with Crippen molar-refractivity contribution in [3.05, 3.63) is 92.3 Å². The lowest BCUT2D eigenvalue weighted by atomic mass is 10.1. The van der Waals surface area contributed by atoms with Crippen LogP contribution in [0.1, 0.15) is 37.4 Å². The van der Waals surface area contributed by atoms with Crippen molar-refractivity contribution in [3.8, 4) is 0 Å². The molecule has 10 heteroatoms. The molecule has 36 heavy (non-hydrogen) atoms. The monoisotopic (exact) mass is 531 g/mol. The van der Waals surface area contributed by atoms with Gasteiger partial charge in [0.2, 0.25) is 0 Å². The first kappa shape index (κ1) is 24.0. The molecule has 0 unspecified atom stereocenters. The number of rotatable bonds is 7. The van der Waals surface area contributed by atoms with E-state index in [4.69, 9.17) is 0 Å². The van der Waals surface area contributed by atoms with E-state index in [1.807, 2.05) is 35.0 Å². The summed E-state index contributed by atoms with van der Waals surface area (Å²) in [5, 5.41) is 11.9. The minimum Gasteiger partial charge on any atom is -0.340 e. The first-order valence-corrected chi connectivity index (χ1v) is 13.7. The standard InChI is InChI=1S/C26H21N5O2S3/c1-2-31-19-9-7-17(15-27-29-25(32)21-5-3-11-34-21)13-23(19)36-24-14-18(8-10-20(24)31)16-28-30-26(33)22-6-4-12-35-22/h3-16H,2H2,1H3,(H,29,32)(H,30,33). The number of carbonyl (C=O) groups is 2. The maximum absolute atomic E-state index is 12.1. The molecule has 0 aliphatic carbocycles. The first-order chi connectivity index (χ1) is 17.6. The molecule has 2 amide bonds. The zero-order valence-electron chi connectivity index (χ0n) is 19.2. The Balaban J connectivity index is 1.31. The van der Waals surface area contributed by atoms with Crippen LogP contribution in [-0.4, -0.2) is 30.8 Å². The van der Waals surface area contributed by atoms with Crippen LogP contribution in [0.25, 0.3) is 0 Å². The van der Waals surface area contributed by atoms with Gasteiger partial charge in [-0.3, -0.25) is 9.59 Å². The fourth-order valence-corrected chi connectivity index (χ4v) is 6.10. The van der Waals surface area contributed by atoms with E-state index in [1.54, 1.807) is 36.3 Å². The summed E-state index contributed by atoms with van der Waals surface area (Å²) in [6.45, 7) is 2.93. The van der Waals surface area contributed by atoms with E-state index in [0.29, 0.717) is 9.75 Å². The minimum atomic E-state index is -0.222. The third kappa shape index (κ3) is 5.25. The average Bonchev–Trinajstić information content (AvgIpc) is 3.62. The fraction of sp³-hybridized carbons (Fsp3) is 0.0769. The summed E-state index contributed by atoms with van der Waals surface area (Å²) in [5.74, 6) is -0.444. The van der Waals surface area contributed by atoms with Gasteiger partial charge in [-0.25, -0.2) is 10.9 Å². The summed E-state index contributed by atoms with van der Waals surface area (Å²) in [7, 11) is 0. The number of fused-ring (bicyclic) bond motifs is 2. The molecule has 0 fully saturated rings. The van der Waals surface area contributed by atoms with Gasteiger partial charge in [0.25, 0.3) is 11.8 Å². The first-order valence-electron chi connectivity index (χ1n) is 11.1. The molecule has 4 aromatic rings. The number of anilines is 2. The molecule has 0 saturated carbocycles. The van der Waals surface area contributed by atoms with Crippen LogP contribution in [0.4, 0.5) is 11.4 Å². The van der Waals surface area contributed by atoms with E-state index in [9.17, 15) is 9.59 Å². The lowest BCUT2D eigenvalue weighted by Gasteiger charge is -2.32. The van der Waals surface area contributed by atoms with Crippen molar-refractivity contribution in [1.29, 1.82) is 0 Å². The Labute approximate surface area is 220 Å². The number of thiophene rings is 2. The summed E-state index contributed by atoms with van der Waals surface area (Å²) in [4.78, 5) is 29.9. The number of nitrogens with zero attached hydrogens (tertiary/aromatic N) is 3. The summed E-state index contributed by atoms with van der Waals surface area (Å²) < 4.78 is 0. The van der Waals surface area contributed by atoms with Gasteiger partial charge in [0, 0.05) is 16.3 Å². The van der Waals surface area contributed by atoms with E-state index in [-0.39, 0.29) is 11.8 Å². The zero-order chi connectivity index (χ0) is 24.9. The molecule has 5 rings (SSSR count). The highest BCUT2D eigenvalue weighted by Crippen LogP contribution is 2.48. The van der Waals surface area contributed by atoms with Gasteiger partial charge in [-0.2, -0.15) is 10.2 Å². The minimum absolute atomic E-state index is 0.222. The van der Waals surface area contributed by atoms with E-state index < -0.39 is 0 Å². The Morgan fingerprint density at radius 3 is 1.72 bits per heavy atom. The van der Waals surface area contributed by atoms with Crippen LogP contribution in [-0.2, 0) is 0 Å². The SMILES string of the molecule is CCN1c2ccc(C=NNC(=O)c3cccs3)cc2Sc2cc(C=NNC(=O)c3cccs3)ccc21. The summed E-state index contributed by atoms with van der Waals surface area (Å²) >= 11 is 4.42. The second-order valence-corrected chi connectivity index (χ2v) is 10.6. The zero-order valence-corrected chi connectivity index (χ0v) is 21.6. The molecule has 3 heterocycles. The maximum atomic E-state index is 12.1. The van der Waals surface area contributed by atoms with Crippen molar-refractivity contribution in [2.24, 2.45) is 10.2 Å². The third-order valence-electron chi connectivity index (χ3n) is 5.33. The van der Waals surface area contributed by atoms with Crippen molar-refractivity contribution in [3.63, 3.8) is 0 Å². The number of nitrogens with one attached hydrogen (secondary N) is 2. The Kier molecular flexibility index (Phi) is 7.26. The van der Waals surface area contributed by atoms with Crippen molar-refractivity contribution in [2.75, 3.05) is 11.4 Å². The van der Waals surface area contributed by atoms with Crippen LogP contribution < -0.4 is 15.8 Å². The molecular weight excluding hydrogens is 511 g/mol. The van der Waals surface area contributed by atoms with Gasteiger partial charge in [0.05, 0.1) is 33.6 Å². The maximum Gasteiger partial charge on any atom is 0.281 e. The van der Waals surface area contributed by atoms with Gasteiger partial charge < -0.3 is 4.90 Å². The molecule has 0 radical (unpaired) electrons. The topological polar surface area (TPSA) is 86.2 Å². The van der Waals surface area contributed by atoms with Crippen LogP contribution in [0.15, 0.2) is 91.4 Å². The number of benzene rings is 2. The second-order valence-electron chi connectivity index (χ2n) is 7.65. The normalized spacial score (nSPS) is 12.5. The molecule has 0 atom stereocenters. The molecule has 180 valence electrons. The molecule has 7 nitrogen and oxygen atoms in total. The van der Waals surface area contributed by atoms with Crippen molar-refractivity contribution >= 4 is 70.1 Å². The average molecular weight is 532 g/mol. The van der Waals surface area contributed by atoms with Gasteiger partial charge >= 0.3 is 0 Å². The highest BCUT2D eigenvalue weighted by molar-refractivity contribution is 7.99. The molecular formula is C26H21N5O2S3. The third-order valence-corrected chi connectivity index (χ3v) is 8.17. The van der Waals surface area contributed by atoms with Crippen molar-refractivity contribution in [1.82, 2.24) is 10.9 Å². The van der Waals surface area contributed by atoms with Crippen LogP contribution in [0.5, 0.6) is 0 Å². The molecule has 1 aliphatic heterocycles. The molecule has 0 bridgehead atoms. The predicted octanol–water partition coefficient (Wildman–Crippen LogP) is 5.96. The lowest BCUT2D eigenvalue weighted by molar-refractivity contribution is 0.0951. The van der Waals surface area contributed by atoms with E-state index in [2.05, 4.69) is 57.1 Å². The van der Waals surface area contributed by atoms with E-state index in [0.717, 1.165) is 38.8 Å². The predicted molar refractivity (Wildman–Crippen MR) is 148 cm³/mol. The molecule has 2 N–H and O–H groups in total. The van der Waals surface area contributed by atoms with Gasteiger partial charge in [-0.05, 0) is 65.2 Å². The van der Waals surface area contributed by atoms with Crippen LogP contribution in [0.3, 0.4) is 0 Å². The van der Waals surface area contributed by atoms with Crippen molar-refractivity contribution in [2.45, 2.75) is 16.7 Å². The van der Waals surface area contributed by atoms with Crippen LogP contribution >= 0.6 is 34.4 Å². The smallest absolute Gasteiger partial charge is 0.281 e. The molecule has 0 saturated heterocycles. The molecule has 2 aromatic carbocycles. The Morgan fingerprint density at radius 1 is 0.806 bits per heavy atom. The highest BCUT2D eigenvalue weighted by Gasteiger charge is 2.22. The number of carbonyl (C=O) groups excluding carboxylic acids is 2. The van der Waals surface area contributed by atoms with Crippen molar-refractivity contribution < 1.29 is 9.59 Å². The number of amides is 2. The number of hydrogen-bond acceptors (Lipinski definition) is 8. The fourth-order valence-electron chi connectivity index (χ4n) is 3.68. The van der Waals surface area contributed by atoms with Gasteiger partial charge in [-0.1, -0.05) is 36.0 Å². The quantitative estimate of drug-likeness (QED) is 0.228. The molecule has 2 aromatic heterocycles. The Morgan fingerprint density at radius 2 is 1.31 bits per heavy atom. The van der Waals surface area contributed by atoms with E-state index >= 15 is 0 Å². The summed E-state index contributed by atoms with van der Waals surface area (Å²) in [6.07, 6.45) is 3.30. The van der Waals surface area contributed by atoms with Gasteiger partial charge in [0.15, 0.2) is 0 Å². The second kappa shape index (κ2) is 10.9. The highest BCUT2D eigenvalue weighted by atomic mass is 32.2. The number of hydrazone groups is 2. The van der Waals surface area contributed by atoms with Crippen LogP contribution in [0, 0.1) is 0 Å². The molecule has 1 aliphatic rings. The van der Waals surface area contributed by atoms with Gasteiger partial charge in [-0.15, -0.1) is 22.7 Å². The Bertz CT molecular complexity index is 1340. The lowest BCUT2D eigenvalue weighted by Crippen LogP contribution is -2.20. The summed E-state index contributed by atoms with van der Waals surface area (Å²) in [6, 6.07) is 19.5. The largest absolute Gasteiger partial charge is 0.340 e. The van der Waals surface area contributed by atoms with Gasteiger partial charge in [0.1, 0.15) is 0 Å². The summed E-state index contributed by atoms with van der Waals surface area (Å²) in [5.41, 5.74) is 9.17. The number of hydrogen-bond donors (Lipinski definition) is 2. The van der Waals surface area contributed by atoms with E-state index in [1.165, 1.54) is 22.7 Å². The molecule has 0 spiro atoms. The van der Waals surface area contributed by atoms with Crippen LogP contribution in [0.2, 0.25) is 0 Å².